The van der Waals surface area contributed by atoms with E-state index < -0.39 is 17.8 Å². The summed E-state index contributed by atoms with van der Waals surface area (Å²) >= 11 is 1.27. The van der Waals surface area contributed by atoms with Crippen molar-refractivity contribution in [3.63, 3.8) is 0 Å². The molecule has 0 bridgehead atoms. The summed E-state index contributed by atoms with van der Waals surface area (Å²) in [7, 11) is 1.57. The molecule has 4 heterocycles. The lowest BCUT2D eigenvalue weighted by atomic mass is 10.2. The molecule has 4 aromatic rings. The largest absolute Gasteiger partial charge is 0.492 e. The molecule has 0 spiro atoms. The number of benzene rings is 1. The van der Waals surface area contributed by atoms with E-state index in [1.807, 2.05) is 0 Å². The van der Waals surface area contributed by atoms with E-state index in [9.17, 15) is 19.2 Å². The van der Waals surface area contributed by atoms with E-state index in [4.69, 9.17) is 4.74 Å². The van der Waals surface area contributed by atoms with Gasteiger partial charge in [0.15, 0.2) is 5.82 Å². The Hall–Kier alpha value is -4.06. The van der Waals surface area contributed by atoms with E-state index in [1.165, 1.54) is 22.0 Å². The van der Waals surface area contributed by atoms with Gasteiger partial charge in [0.1, 0.15) is 10.4 Å². The highest BCUT2D eigenvalue weighted by Crippen LogP contribution is 2.32. The lowest BCUT2D eigenvalue weighted by Crippen LogP contribution is -2.34. The fourth-order valence-electron chi connectivity index (χ4n) is 3.67. The number of ether oxygens (including phenoxy) is 1. The molecule has 0 aliphatic carbocycles. The molecule has 4 amide bonds. The smallest absolute Gasteiger partial charge is 0.339 e. The van der Waals surface area contributed by atoms with Crippen LogP contribution in [0.3, 0.4) is 0 Å². The SMILES string of the molecule is CCOc1ccccc1N1C(=O)C(=O)N(Cc2nnc3n(C)c(=O)c4sccc4n23)C1=O. The number of fused-ring (bicyclic) bond motifs is 3. The van der Waals surface area contributed by atoms with Crippen LogP contribution in [-0.2, 0) is 23.2 Å². The predicted molar refractivity (Wildman–Crippen MR) is 115 cm³/mol. The maximum atomic E-state index is 13.1. The van der Waals surface area contributed by atoms with E-state index in [0.29, 0.717) is 22.6 Å². The predicted octanol–water partition coefficient (Wildman–Crippen LogP) is 1.54. The molecule has 5 rings (SSSR count). The van der Waals surface area contributed by atoms with Crippen LogP contribution >= 0.6 is 11.3 Å². The van der Waals surface area contributed by atoms with Crippen LogP contribution in [0.15, 0.2) is 40.5 Å². The van der Waals surface area contributed by atoms with Gasteiger partial charge in [-0.3, -0.25) is 23.4 Å². The fraction of sp³-hybridized carbons (Fsp3) is 0.200. The molecule has 0 unspecified atom stereocenters. The Labute approximate surface area is 184 Å². The van der Waals surface area contributed by atoms with Crippen LogP contribution in [0, 0.1) is 0 Å². The topological polar surface area (TPSA) is 119 Å². The van der Waals surface area contributed by atoms with Crippen molar-refractivity contribution in [3.05, 3.63) is 51.9 Å². The number of hydrogen-bond acceptors (Lipinski definition) is 8. The lowest BCUT2D eigenvalue weighted by molar-refractivity contribution is -0.139. The number of anilines is 1. The van der Waals surface area contributed by atoms with Crippen LogP contribution in [-0.4, -0.2) is 48.5 Å². The number of aromatic nitrogens is 4. The molecule has 162 valence electrons. The van der Waals surface area contributed by atoms with Crippen LogP contribution in [0.4, 0.5) is 10.5 Å². The molecule has 0 atom stereocenters. The quantitative estimate of drug-likeness (QED) is 0.333. The zero-order chi connectivity index (χ0) is 22.6. The molecule has 1 saturated heterocycles. The third-order valence-electron chi connectivity index (χ3n) is 5.16. The fourth-order valence-corrected chi connectivity index (χ4v) is 4.52. The van der Waals surface area contributed by atoms with Crippen molar-refractivity contribution in [2.75, 3.05) is 11.5 Å². The maximum Gasteiger partial charge on any atom is 0.339 e. The van der Waals surface area contributed by atoms with E-state index in [0.717, 1.165) is 9.80 Å². The van der Waals surface area contributed by atoms with Gasteiger partial charge >= 0.3 is 17.8 Å². The molecule has 3 aromatic heterocycles. The van der Waals surface area contributed by atoms with Crippen molar-refractivity contribution in [1.82, 2.24) is 24.1 Å². The number of rotatable bonds is 5. The first-order valence-electron chi connectivity index (χ1n) is 9.66. The van der Waals surface area contributed by atoms with Crippen molar-refractivity contribution < 1.29 is 19.1 Å². The Morgan fingerprint density at radius 1 is 1.03 bits per heavy atom. The van der Waals surface area contributed by atoms with Crippen LogP contribution in [0.1, 0.15) is 12.7 Å². The first-order chi connectivity index (χ1) is 15.4. The number of amides is 4. The molecule has 12 heteroatoms. The molecule has 11 nitrogen and oxygen atoms in total. The molecule has 1 fully saturated rings. The van der Waals surface area contributed by atoms with E-state index >= 15 is 0 Å². The normalized spacial score (nSPS) is 14.4. The Bertz CT molecular complexity index is 1480. The van der Waals surface area contributed by atoms with Gasteiger partial charge in [-0.25, -0.2) is 14.6 Å². The number of aryl methyl sites for hydroxylation is 1. The van der Waals surface area contributed by atoms with Gasteiger partial charge in [-0.15, -0.1) is 21.5 Å². The van der Waals surface area contributed by atoms with Crippen LogP contribution in [0.5, 0.6) is 5.75 Å². The molecular formula is C20H16N6O5S. The summed E-state index contributed by atoms with van der Waals surface area (Å²) in [4.78, 5) is 52.7. The maximum absolute atomic E-state index is 13.1. The summed E-state index contributed by atoms with van der Waals surface area (Å²) in [5, 5.41) is 9.90. The summed E-state index contributed by atoms with van der Waals surface area (Å²) in [5.74, 6) is -1.14. The van der Waals surface area contributed by atoms with Gasteiger partial charge in [-0.05, 0) is 30.5 Å². The third kappa shape index (κ3) is 2.73. The van der Waals surface area contributed by atoms with Crippen LogP contribution in [0.2, 0.25) is 0 Å². The number of carbonyl (C=O) groups is 3. The third-order valence-corrected chi connectivity index (χ3v) is 6.05. The van der Waals surface area contributed by atoms with Crippen molar-refractivity contribution in [2.45, 2.75) is 13.5 Å². The Balaban J connectivity index is 1.57. The van der Waals surface area contributed by atoms with Crippen molar-refractivity contribution in [1.29, 1.82) is 0 Å². The molecule has 0 N–H and O–H groups in total. The molecule has 1 aliphatic rings. The minimum absolute atomic E-state index is 0.189. The first-order valence-corrected chi connectivity index (χ1v) is 10.5. The summed E-state index contributed by atoms with van der Waals surface area (Å²) in [6, 6.07) is 7.44. The number of imide groups is 2. The number of para-hydroxylation sites is 2. The number of hydrogen-bond donors (Lipinski definition) is 0. The molecule has 1 aliphatic heterocycles. The average molecular weight is 452 g/mol. The summed E-state index contributed by atoms with van der Waals surface area (Å²) in [6.45, 7) is 1.81. The second kappa shape index (κ2) is 7.27. The zero-order valence-electron chi connectivity index (χ0n) is 17.0. The molecule has 0 radical (unpaired) electrons. The zero-order valence-corrected chi connectivity index (χ0v) is 17.8. The van der Waals surface area contributed by atoms with Gasteiger partial charge in [0.05, 0.1) is 24.4 Å². The number of thiophene rings is 1. The number of carbonyl (C=O) groups excluding carboxylic acids is 3. The van der Waals surface area contributed by atoms with Crippen LogP contribution in [0.25, 0.3) is 16.0 Å². The highest BCUT2D eigenvalue weighted by molar-refractivity contribution is 7.17. The highest BCUT2D eigenvalue weighted by Gasteiger charge is 2.47. The van der Waals surface area contributed by atoms with E-state index in [1.54, 1.807) is 48.0 Å². The molecular weight excluding hydrogens is 436 g/mol. The lowest BCUT2D eigenvalue weighted by Gasteiger charge is -2.18. The van der Waals surface area contributed by atoms with E-state index in [-0.39, 0.29) is 29.4 Å². The van der Waals surface area contributed by atoms with Gasteiger partial charge in [-0.2, -0.15) is 0 Å². The van der Waals surface area contributed by atoms with Gasteiger partial charge in [0.2, 0.25) is 5.78 Å². The number of nitrogens with zero attached hydrogens (tertiary/aromatic N) is 6. The summed E-state index contributed by atoms with van der Waals surface area (Å²) < 4.78 is 8.95. The monoisotopic (exact) mass is 452 g/mol. The molecule has 1 aromatic carbocycles. The average Bonchev–Trinajstić information content (AvgIpc) is 3.48. The molecule has 32 heavy (non-hydrogen) atoms. The molecule has 0 saturated carbocycles. The number of urea groups is 1. The first kappa shape index (κ1) is 19.9. The van der Waals surface area contributed by atoms with Crippen molar-refractivity contribution in [2.24, 2.45) is 7.05 Å². The van der Waals surface area contributed by atoms with E-state index in [2.05, 4.69) is 10.2 Å². The minimum atomic E-state index is -0.982. The second-order valence-corrected chi connectivity index (χ2v) is 7.88. The van der Waals surface area contributed by atoms with Crippen molar-refractivity contribution >= 4 is 50.9 Å². The van der Waals surface area contributed by atoms with Gasteiger partial charge < -0.3 is 4.74 Å². The Kier molecular flexibility index (Phi) is 4.51. The summed E-state index contributed by atoms with van der Waals surface area (Å²) in [6.07, 6.45) is 0. The van der Waals surface area contributed by atoms with Gasteiger partial charge in [0.25, 0.3) is 5.56 Å². The second-order valence-electron chi connectivity index (χ2n) is 6.97. The van der Waals surface area contributed by atoms with Gasteiger partial charge in [-0.1, -0.05) is 12.1 Å². The Morgan fingerprint density at radius 3 is 2.59 bits per heavy atom. The van der Waals surface area contributed by atoms with Gasteiger partial charge in [0, 0.05) is 7.05 Å². The minimum Gasteiger partial charge on any atom is -0.492 e. The van der Waals surface area contributed by atoms with Crippen molar-refractivity contribution in [3.8, 4) is 5.75 Å². The Morgan fingerprint density at radius 2 is 1.81 bits per heavy atom. The van der Waals surface area contributed by atoms with Crippen LogP contribution < -0.4 is 15.2 Å². The standard InChI is InChI=1S/C20H16N6O5S/c1-3-31-13-7-5-4-6-11(13)26-18(29)17(28)24(20(26)30)10-14-21-22-19-23(2)16(27)15-12(25(14)19)8-9-32-15/h4-9H,3,10H2,1-2H3. The highest BCUT2D eigenvalue weighted by atomic mass is 32.1. The summed E-state index contributed by atoms with van der Waals surface area (Å²) in [5.41, 5.74) is 0.537.